The quantitative estimate of drug-likeness (QED) is 0.632. The average Bonchev–Trinajstić information content (AvgIpc) is 0.811. The first kappa shape index (κ1) is 34.9. The molecule has 0 N–H and O–H groups in total. The molecule has 0 unspecified atom stereocenters. The van der Waals surface area contributed by atoms with Gasteiger partial charge in [0.25, 0.3) is 0 Å². The van der Waals surface area contributed by atoms with Crippen LogP contribution in [0.2, 0.25) is 0 Å². The molecule has 0 saturated heterocycles. The van der Waals surface area contributed by atoms with E-state index in [1.54, 1.807) is 0 Å². The first-order valence-electron chi connectivity index (χ1n) is 0.500. The van der Waals surface area contributed by atoms with Crippen LogP contribution in [0.3, 0.4) is 0 Å². The van der Waals surface area contributed by atoms with Crippen LogP contribution < -0.4 is 0 Å². The summed E-state index contributed by atoms with van der Waals surface area (Å²) in [4.78, 5) is 0. The van der Waals surface area contributed by atoms with Gasteiger partial charge < -0.3 is 0 Å². The summed E-state index contributed by atoms with van der Waals surface area (Å²) in [6.45, 7) is 0. The van der Waals surface area contributed by atoms with Crippen molar-refractivity contribution in [1.82, 2.24) is 0 Å². The second-order valence-electron chi connectivity index (χ2n) is 0.204. The summed E-state index contributed by atoms with van der Waals surface area (Å²) >= 11 is -4.11. The van der Waals surface area contributed by atoms with Crippen molar-refractivity contribution in [3.63, 3.8) is 0 Å². The first-order chi connectivity index (χ1) is 1.73. The van der Waals surface area contributed by atoms with Gasteiger partial charge in [-0.15, -0.1) is 49.6 Å². The number of halogens is 4. The second-order valence-corrected chi connectivity index (χ2v) is 1.21. The molecular weight excluding hydrogens is 286 g/mol. The fraction of sp³-hybridized carbons (Fsp3) is 0. The Morgan fingerprint density at radius 2 is 0.625 bits per heavy atom. The Kier molecular flexibility index (Phi) is 105. The maximum absolute atomic E-state index is 8.59. The van der Waals surface area contributed by atoms with E-state index < -0.39 is 17.2 Å². The molecule has 0 bridgehead atoms. The standard InChI is InChI=1S/4ClH.Mo.3O/h4*1H;;;;. The van der Waals surface area contributed by atoms with Gasteiger partial charge in [-0.1, -0.05) is 0 Å². The molecule has 0 fully saturated rings. The molecule has 0 saturated carbocycles. The van der Waals surface area contributed by atoms with E-state index in [9.17, 15) is 0 Å². The molecule has 0 aliphatic rings. The minimum absolute atomic E-state index is 0. The van der Waals surface area contributed by atoms with Crippen molar-refractivity contribution in [2.45, 2.75) is 0 Å². The van der Waals surface area contributed by atoms with Gasteiger partial charge in [0, 0.05) is 0 Å². The molecule has 0 spiro atoms. The zero-order valence-corrected chi connectivity index (χ0v) is 8.54. The summed E-state index contributed by atoms with van der Waals surface area (Å²) in [5, 5.41) is 0. The SMILES string of the molecule is Cl.Cl.Cl.Cl.[O]=[Mo](=[O])=[O]. The summed E-state index contributed by atoms with van der Waals surface area (Å²) in [7, 11) is 0. The van der Waals surface area contributed by atoms with Gasteiger partial charge in [0.15, 0.2) is 0 Å². The Morgan fingerprint density at radius 1 is 0.625 bits per heavy atom. The van der Waals surface area contributed by atoms with Crippen molar-refractivity contribution in [2.75, 3.05) is 0 Å². The van der Waals surface area contributed by atoms with Crippen LogP contribution in [-0.4, -0.2) is 0 Å². The van der Waals surface area contributed by atoms with E-state index in [4.69, 9.17) is 10.2 Å². The van der Waals surface area contributed by atoms with Gasteiger partial charge in [-0.25, -0.2) is 0 Å². The van der Waals surface area contributed by atoms with E-state index in [1.807, 2.05) is 0 Å². The molecule has 0 rings (SSSR count). The first-order valence-corrected chi connectivity index (χ1v) is 2.96. The Hall–Kier alpha value is 1.25. The molecule has 56 valence electrons. The third-order valence-electron chi connectivity index (χ3n) is 0. The van der Waals surface area contributed by atoms with E-state index in [2.05, 4.69) is 0 Å². The van der Waals surface area contributed by atoms with Crippen molar-refractivity contribution >= 4 is 49.6 Å². The second kappa shape index (κ2) is 24.0. The van der Waals surface area contributed by atoms with Crippen LogP contribution in [-0.2, 0) is 27.4 Å². The Bertz CT molecular complexity index is 80.7. The van der Waals surface area contributed by atoms with Crippen LogP contribution in [0.15, 0.2) is 0 Å². The predicted molar refractivity (Wildman–Crippen MR) is 31.1 cm³/mol. The van der Waals surface area contributed by atoms with E-state index in [-0.39, 0.29) is 49.6 Å². The van der Waals surface area contributed by atoms with E-state index >= 15 is 0 Å². The van der Waals surface area contributed by atoms with Crippen LogP contribution in [0.1, 0.15) is 0 Å². The monoisotopic (exact) mass is 290 g/mol. The molecule has 0 aliphatic carbocycles. The fourth-order valence-electron chi connectivity index (χ4n) is 0. The van der Waals surface area contributed by atoms with Gasteiger partial charge in [-0.3, -0.25) is 0 Å². The summed E-state index contributed by atoms with van der Waals surface area (Å²) < 4.78 is 25.8. The minimum atomic E-state index is -4.11. The van der Waals surface area contributed by atoms with Crippen molar-refractivity contribution in [3.8, 4) is 0 Å². The van der Waals surface area contributed by atoms with Crippen LogP contribution >= 0.6 is 49.6 Å². The molecule has 0 aromatic rings. The number of hydrogen-bond acceptors (Lipinski definition) is 3. The third kappa shape index (κ3) is 182. The van der Waals surface area contributed by atoms with E-state index in [1.165, 1.54) is 0 Å². The molecule has 0 aromatic carbocycles. The average molecular weight is 290 g/mol. The van der Waals surface area contributed by atoms with Crippen molar-refractivity contribution in [1.29, 1.82) is 0 Å². The van der Waals surface area contributed by atoms with Crippen molar-refractivity contribution in [2.24, 2.45) is 0 Å². The third-order valence-corrected chi connectivity index (χ3v) is 0. The van der Waals surface area contributed by atoms with E-state index in [0.717, 1.165) is 0 Å². The summed E-state index contributed by atoms with van der Waals surface area (Å²) in [6.07, 6.45) is 0. The Morgan fingerprint density at radius 3 is 0.625 bits per heavy atom. The zero-order chi connectivity index (χ0) is 3.58. The van der Waals surface area contributed by atoms with Gasteiger partial charge in [0.1, 0.15) is 0 Å². The number of rotatable bonds is 0. The molecule has 0 heterocycles. The summed E-state index contributed by atoms with van der Waals surface area (Å²) in [6, 6.07) is 0. The summed E-state index contributed by atoms with van der Waals surface area (Å²) in [5.74, 6) is 0. The molecule has 0 atom stereocenters. The fourth-order valence-corrected chi connectivity index (χ4v) is 0. The van der Waals surface area contributed by atoms with Crippen molar-refractivity contribution in [3.05, 3.63) is 0 Å². The molecule has 3 nitrogen and oxygen atoms in total. The van der Waals surface area contributed by atoms with Gasteiger partial charge >= 0.3 is 27.4 Å². The van der Waals surface area contributed by atoms with Gasteiger partial charge in [-0.05, 0) is 0 Å². The van der Waals surface area contributed by atoms with Crippen molar-refractivity contribution < 1.29 is 27.4 Å². The van der Waals surface area contributed by atoms with Crippen LogP contribution in [0.25, 0.3) is 0 Å². The molecular formula is H4Cl4MoO3. The molecule has 0 amide bonds. The molecule has 8 heteroatoms. The zero-order valence-electron chi connectivity index (χ0n) is 3.27. The summed E-state index contributed by atoms with van der Waals surface area (Å²) in [5.41, 5.74) is 0. The molecule has 8 heavy (non-hydrogen) atoms. The number of hydrogen-bond donors (Lipinski definition) is 0. The Labute approximate surface area is 76.7 Å². The molecule has 0 aliphatic heterocycles. The normalized spacial score (nSPS) is 3.00. The predicted octanol–water partition coefficient (Wildman–Crippen LogP) is 1.33. The molecule has 0 aromatic heterocycles. The molecule has 0 radical (unpaired) electrons. The van der Waals surface area contributed by atoms with Crippen LogP contribution in [0, 0.1) is 0 Å². The van der Waals surface area contributed by atoms with Gasteiger partial charge in [0.2, 0.25) is 0 Å². The van der Waals surface area contributed by atoms with Crippen LogP contribution in [0.5, 0.6) is 0 Å². The van der Waals surface area contributed by atoms with Gasteiger partial charge in [-0.2, -0.15) is 0 Å². The Balaban J connectivity index is -0.00000000750. The topological polar surface area (TPSA) is 51.2 Å². The van der Waals surface area contributed by atoms with E-state index in [0.29, 0.717) is 0 Å². The van der Waals surface area contributed by atoms with Gasteiger partial charge in [0.05, 0.1) is 0 Å². The van der Waals surface area contributed by atoms with Crippen LogP contribution in [0.4, 0.5) is 0 Å². The maximum atomic E-state index is 8.59.